The second-order valence-electron chi connectivity index (χ2n) is 25.1. The molecule has 4 aromatic rings. The average molecular weight is 1620 g/mol. The number of methoxy groups -OCH3 is 1. The number of imidazole rings is 1. The van der Waals surface area contributed by atoms with E-state index in [0.717, 1.165) is 5.56 Å². The number of aliphatic carboxylic acids is 4. The topological polar surface area (TPSA) is 497 Å². The summed E-state index contributed by atoms with van der Waals surface area (Å²) in [6, 6.07) is 6.86. The van der Waals surface area contributed by atoms with Crippen molar-refractivity contribution in [1.82, 2.24) is 60.7 Å². The highest BCUT2D eigenvalue weighted by Crippen LogP contribution is 2.28. The van der Waals surface area contributed by atoms with Gasteiger partial charge in [-0.25, -0.2) is 9.78 Å². The van der Waals surface area contributed by atoms with Gasteiger partial charge in [0.15, 0.2) is 11.7 Å². The summed E-state index contributed by atoms with van der Waals surface area (Å²) >= 11 is 0. The first-order valence-corrected chi connectivity index (χ1v) is 36.4. The van der Waals surface area contributed by atoms with Crippen LogP contribution in [0.1, 0.15) is 65.6 Å². The zero-order chi connectivity index (χ0) is 83.1. The monoisotopic (exact) mass is 1620 g/mol. The fourth-order valence-corrected chi connectivity index (χ4v) is 12.2. The summed E-state index contributed by atoms with van der Waals surface area (Å²) in [5, 5.41) is 55.3. The molecular weight excluding hydrogens is 1530 g/mol. The number of pyridine rings is 1. The minimum absolute atomic E-state index is 0.0375. The molecule has 2 aromatic heterocycles. The van der Waals surface area contributed by atoms with Gasteiger partial charge >= 0.3 is 47.8 Å². The van der Waals surface area contributed by atoms with Crippen molar-refractivity contribution in [2.45, 2.75) is 82.2 Å². The van der Waals surface area contributed by atoms with Gasteiger partial charge in [0.1, 0.15) is 17.4 Å². The SMILES string of the molecule is COCCNC(=O)CC[C@@H](NC(=O)CN1CCN(CC(=O)O)CCN(CC(=O)O)CCN(CC(=O)O)CC1)C(=O)NCCCOCCOCCOCCCNC(=O)CCCOc1cc(C)c(S(=O)(=O)N=C(CNC(=O)c2cn(C)c3cc(CNc4ncc[nH]4)ccc3c2=O)C(=O)O)c(C)c1.O=C(C(=O)C(F)(F)F)C(F)(F)F. The molecule has 0 bridgehead atoms. The van der Waals surface area contributed by atoms with Crippen LogP contribution < -0.4 is 42.1 Å². The molecule has 1 aliphatic rings. The van der Waals surface area contributed by atoms with Gasteiger partial charge in [0, 0.05) is 143 Å². The number of aromatic amines is 1. The van der Waals surface area contributed by atoms with E-state index in [1.54, 1.807) is 61.8 Å². The number of carboxylic acid groups (broad SMARTS) is 4. The van der Waals surface area contributed by atoms with E-state index in [0.29, 0.717) is 62.8 Å². The quantitative estimate of drug-likeness (QED) is 0.0121. The van der Waals surface area contributed by atoms with Gasteiger partial charge in [-0.05, 0) is 80.5 Å². The Balaban J connectivity index is 0.00000202. The lowest BCUT2D eigenvalue weighted by atomic mass is 10.1. The smallest absolute Gasteiger partial charge is 0.458 e. The lowest BCUT2D eigenvalue weighted by molar-refractivity contribution is -0.193. The van der Waals surface area contributed by atoms with Crippen molar-refractivity contribution in [3.05, 3.63) is 81.4 Å². The molecule has 0 spiro atoms. The highest BCUT2D eigenvalue weighted by molar-refractivity contribution is 7.90. The van der Waals surface area contributed by atoms with E-state index in [-0.39, 0.29) is 189 Å². The van der Waals surface area contributed by atoms with Crippen molar-refractivity contribution in [2.24, 2.45) is 11.4 Å². The van der Waals surface area contributed by atoms with E-state index in [1.807, 2.05) is 0 Å². The molecule has 1 aliphatic heterocycles. The van der Waals surface area contributed by atoms with Crippen LogP contribution in [0.5, 0.6) is 5.75 Å². The fraction of sp³-hybridized carbons (Fsp3) is 0.559. The van der Waals surface area contributed by atoms with Crippen LogP contribution >= 0.6 is 0 Å². The van der Waals surface area contributed by atoms with Crippen molar-refractivity contribution < 1.29 is 132 Å². The number of nitrogens with one attached hydrogen (secondary N) is 7. The van der Waals surface area contributed by atoms with Crippen LogP contribution in [0.15, 0.2) is 63.0 Å². The second-order valence-corrected chi connectivity index (χ2v) is 26.6. The predicted octanol–water partition coefficient (Wildman–Crippen LogP) is 0.108. The number of benzene rings is 2. The molecule has 1 atom stereocenters. The number of alkyl halides is 6. The Labute approximate surface area is 638 Å². The number of sulfonamides is 1. The number of aromatic nitrogens is 3. The number of amides is 5. The molecule has 5 rings (SSSR count). The molecule has 1 saturated heterocycles. The number of ether oxygens (including phenoxy) is 5. The molecule has 0 unspecified atom stereocenters. The molecule has 0 saturated carbocycles. The number of hydrogen-bond donors (Lipinski definition) is 11. The minimum atomic E-state index is -5.77. The molecule has 3 heterocycles. The molecule has 1 fully saturated rings. The van der Waals surface area contributed by atoms with Gasteiger partial charge < -0.3 is 85.6 Å². The molecule has 622 valence electrons. The number of nitrogens with zero attached hydrogens (tertiary/aromatic N) is 7. The van der Waals surface area contributed by atoms with Crippen LogP contribution in [0.25, 0.3) is 10.9 Å². The van der Waals surface area contributed by atoms with E-state index in [2.05, 4.69) is 46.3 Å². The lowest BCUT2D eigenvalue weighted by Crippen LogP contribution is -2.52. The lowest BCUT2D eigenvalue weighted by Gasteiger charge is -2.33. The maximum Gasteiger partial charge on any atom is 0.458 e. The average Bonchev–Trinajstić information content (AvgIpc) is 0.785. The van der Waals surface area contributed by atoms with E-state index in [1.165, 1.54) is 39.3 Å². The Bertz CT molecular complexity index is 3960. The zero-order valence-electron chi connectivity index (χ0n) is 62.0. The number of carbonyl (C=O) groups excluding carboxylic acids is 7. The van der Waals surface area contributed by atoms with Gasteiger partial charge in [0.25, 0.3) is 15.9 Å². The summed E-state index contributed by atoms with van der Waals surface area (Å²) in [5.41, 5.74) is -0.0234. The number of Topliss-reactive ketones (excluding diaryl/α,β-unsaturated/α-hetero) is 2. The maximum absolute atomic E-state index is 13.6. The first kappa shape index (κ1) is 94.3. The van der Waals surface area contributed by atoms with Crippen molar-refractivity contribution in [1.29, 1.82) is 0 Å². The highest BCUT2D eigenvalue weighted by Gasteiger charge is 2.54. The molecule has 37 nitrogen and oxygen atoms in total. The van der Waals surface area contributed by atoms with Gasteiger partial charge in [0.2, 0.25) is 29.1 Å². The number of rotatable bonds is 45. The Hall–Kier alpha value is -10.1. The number of hydrogen-bond acceptors (Lipinski definition) is 25. The van der Waals surface area contributed by atoms with Gasteiger partial charge in [0.05, 0.1) is 82.8 Å². The van der Waals surface area contributed by atoms with Crippen LogP contribution in [0.4, 0.5) is 32.3 Å². The molecule has 11 N–H and O–H groups in total. The van der Waals surface area contributed by atoms with Crippen molar-refractivity contribution in [3.8, 4) is 5.75 Å². The van der Waals surface area contributed by atoms with Crippen LogP contribution in [-0.2, 0) is 90.5 Å². The molecule has 44 heteroatoms. The summed E-state index contributed by atoms with van der Waals surface area (Å²) in [5.74, 6) is -13.5. The predicted molar refractivity (Wildman–Crippen MR) is 385 cm³/mol. The van der Waals surface area contributed by atoms with Crippen LogP contribution in [-0.4, -0.2) is 317 Å². The maximum atomic E-state index is 13.6. The third-order valence-electron chi connectivity index (χ3n) is 16.2. The van der Waals surface area contributed by atoms with E-state index >= 15 is 0 Å². The van der Waals surface area contributed by atoms with Gasteiger partial charge in [-0.1, -0.05) is 6.07 Å². The van der Waals surface area contributed by atoms with E-state index in [4.69, 9.17) is 23.7 Å². The van der Waals surface area contributed by atoms with Crippen molar-refractivity contribution in [2.75, 3.05) is 170 Å². The van der Waals surface area contributed by atoms with Crippen LogP contribution in [0.3, 0.4) is 0 Å². The van der Waals surface area contributed by atoms with Gasteiger partial charge in [-0.3, -0.25) is 72.3 Å². The van der Waals surface area contributed by atoms with E-state index < -0.39 is 99.3 Å². The highest BCUT2D eigenvalue weighted by atomic mass is 32.2. The zero-order valence-corrected chi connectivity index (χ0v) is 62.8. The first-order valence-electron chi connectivity index (χ1n) is 34.9. The van der Waals surface area contributed by atoms with Gasteiger partial charge in [-0.2, -0.15) is 39.2 Å². The number of H-pyrrole nitrogens is 1. The third kappa shape index (κ3) is 35.5. The summed E-state index contributed by atoms with van der Waals surface area (Å²) in [6.45, 7) is 5.78. The first-order chi connectivity index (χ1) is 52.9. The summed E-state index contributed by atoms with van der Waals surface area (Å²) < 4.78 is 127. The number of anilines is 1. The molecule has 5 amide bonds. The molecule has 0 radical (unpaired) electrons. The Morgan fingerprint density at radius 2 is 1.12 bits per heavy atom. The number of carbonyl (C=O) groups is 11. The number of fused-ring (bicyclic) bond motifs is 1. The minimum Gasteiger partial charge on any atom is -0.494 e. The van der Waals surface area contributed by atoms with Crippen LogP contribution in [0, 0.1) is 13.8 Å². The van der Waals surface area contributed by atoms with Crippen molar-refractivity contribution >= 4 is 97.6 Å². The van der Waals surface area contributed by atoms with Crippen molar-refractivity contribution in [3.63, 3.8) is 0 Å². The summed E-state index contributed by atoms with van der Waals surface area (Å²) in [4.78, 5) is 159. The fourth-order valence-electron chi connectivity index (χ4n) is 10.7. The largest absolute Gasteiger partial charge is 0.494 e. The van der Waals surface area contributed by atoms with Crippen LogP contribution in [0.2, 0.25) is 0 Å². The standard InChI is InChI=1S/C64H94N14O21S.C4F6O2/c1-44-34-47(35-45(2)60(44)100(93,94)73-51(63(91)92)38-70-61(89)49-39-74(3)52-36-46(9-10-48(52)59(49)88)37-71-64-68-15-16-69-64)99-28-5-8-53(79)65-13-6-26-96-30-32-98-33-31-97-27-7-14-67-62(90)50(11-12-54(80)66-17-29-95-4)72-55(81)40-75-18-20-76(41-56(82)83)22-24-78(43-58(86)87)25-23-77(21-19-75)42-57(84)85;5-3(6,7)1(11)2(12)4(8,9)10/h9-10,15-16,34-36,39,50H,5-8,11-14,17-33,37-38,40-43H2,1-4H3,(H,65,79)(H,66,80)(H,67,90)(H,70,89)(H,72,81)(H,82,83)(H,84,85)(H,86,87)(H,91,92)(H2,68,69,71);/t50-;/m1./s1. The molecule has 0 aliphatic carbocycles. The normalized spacial score (nSPS) is 14.1. The molecule has 2 aromatic carbocycles. The van der Waals surface area contributed by atoms with Gasteiger partial charge in [-0.15, -0.1) is 0 Å². The van der Waals surface area contributed by atoms with E-state index in [9.17, 15) is 113 Å². The Kier molecular flexibility index (Phi) is 40.4. The number of aryl methyl sites for hydroxylation is 3. The molecule has 112 heavy (non-hydrogen) atoms. The number of carboxylic acids is 4. The summed E-state index contributed by atoms with van der Waals surface area (Å²) in [7, 11) is -1.52. The third-order valence-corrected chi connectivity index (χ3v) is 17.8. The number of ketones is 2. The Morgan fingerprint density at radius 3 is 1.62 bits per heavy atom. The Morgan fingerprint density at radius 1 is 0.625 bits per heavy atom. The second kappa shape index (κ2) is 48.0. The summed E-state index contributed by atoms with van der Waals surface area (Å²) in [6.07, 6.45) is -5.68. The number of halogens is 6. The molecular formula is C68H94F6N14O23S.